The van der Waals surface area contributed by atoms with Crippen LogP contribution in [0.3, 0.4) is 0 Å². The van der Waals surface area contributed by atoms with Crippen LogP contribution >= 0.6 is 11.8 Å². The van der Waals surface area contributed by atoms with Crippen molar-refractivity contribution in [2.24, 2.45) is 5.10 Å². The molecular formula is C20H17N3O2S2. The molecule has 1 aliphatic rings. The van der Waals surface area contributed by atoms with Crippen molar-refractivity contribution in [3.8, 4) is 0 Å². The average molecular weight is 396 g/mol. The molecular weight excluding hydrogens is 378 g/mol. The van der Waals surface area contributed by atoms with E-state index in [2.05, 4.69) is 21.3 Å². The van der Waals surface area contributed by atoms with E-state index in [1.807, 2.05) is 36.4 Å². The molecule has 0 aromatic heterocycles. The molecule has 3 aromatic carbocycles. The van der Waals surface area contributed by atoms with Crippen molar-refractivity contribution in [3.05, 3.63) is 78.4 Å². The number of nitrogens with zero attached hydrogens (tertiary/aromatic N) is 1. The molecule has 3 aromatic rings. The summed E-state index contributed by atoms with van der Waals surface area (Å²) in [6, 6.07) is 22.2. The van der Waals surface area contributed by atoms with E-state index in [1.54, 1.807) is 36.9 Å². The van der Waals surface area contributed by atoms with Crippen LogP contribution in [-0.4, -0.2) is 14.1 Å². The van der Waals surface area contributed by atoms with Gasteiger partial charge in [0.05, 0.1) is 22.0 Å². The van der Waals surface area contributed by atoms with Gasteiger partial charge in [0, 0.05) is 9.79 Å². The SMILES string of the molecule is C/C(=N\NS(=O)(=O)c1ccccc1)c1ccc2c(c1)Nc1ccccc1S2. The van der Waals surface area contributed by atoms with Crippen LogP contribution in [0.4, 0.5) is 11.4 Å². The molecule has 0 bridgehead atoms. The zero-order valence-electron chi connectivity index (χ0n) is 14.5. The molecule has 0 atom stereocenters. The van der Waals surface area contributed by atoms with Gasteiger partial charge in [0.1, 0.15) is 0 Å². The topological polar surface area (TPSA) is 70.6 Å². The Bertz CT molecular complexity index is 1130. The Morgan fingerprint density at radius 1 is 0.926 bits per heavy atom. The molecule has 1 heterocycles. The number of anilines is 2. The Morgan fingerprint density at radius 2 is 1.63 bits per heavy atom. The monoisotopic (exact) mass is 395 g/mol. The molecule has 0 aliphatic carbocycles. The number of rotatable bonds is 4. The molecule has 1 aliphatic heterocycles. The van der Waals surface area contributed by atoms with E-state index >= 15 is 0 Å². The Morgan fingerprint density at radius 3 is 2.44 bits per heavy atom. The summed E-state index contributed by atoms with van der Waals surface area (Å²) in [6.45, 7) is 1.78. The third-order valence-electron chi connectivity index (χ3n) is 4.16. The zero-order valence-corrected chi connectivity index (χ0v) is 16.1. The Hall–Kier alpha value is -2.77. The van der Waals surface area contributed by atoms with Crippen LogP contribution in [0.5, 0.6) is 0 Å². The summed E-state index contributed by atoms with van der Waals surface area (Å²) in [6.07, 6.45) is 0. The van der Waals surface area contributed by atoms with Crippen molar-refractivity contribution in [3.63, 3.8) is 0 Å². The lowest BCUT2D eigenvalue weighted by Gasteiger charge is -2.21. The molecule has 27 heavy (non-hydrogen) atoms. The van der Waals surface area contributed by atoms with Gasteiger partial charge in [-0.2, -0.15) is 18.4 Å². The maximum atomic E-state index is 12.3. The van der Waals surface area contributed by atoms with Crippen molar-refractivity contribution < 1.29 is 8.42 Å². The first-order valence-electron chi connectivity index (χ1n) is 8.32. The van der Waals surface area contributed by atoms with Crippen LogP contribution in [0.25, 0.3) is 0 Å². The van der Waals surface area contributed by atoms with Gasteiger partial charge in [-0.05, 0) is 48.9 Å². The highest BCUT2D eigenvalue weighted by Crippen LogP contribution is 2.44. The Balaban J connectivity index is 1.57. The van der Waals surface area contributed by atoms with Crippen molar-refractivity contribution in [2.75, 3.05) is 5.32 Å². The summed E-state index contributed by atoms with van der Waals surface area (Å²) < 4.78 is 24.6. The summed E-state index contributed by atoms with van der Waals surface area (Å²) in [4.78, 5) is 4.79. The van der Waals surface area contributed by atoms with E-state index in [-0.39, 0.29) is 4.90 Å². The quantitative estimate of drug-likeness (QED) is 0.391. The lowest BCUT2D eigenvalue weighted by atomic mass is 10.1. The van der Waals surface area contributed by atoms with Crippen LogP contribution < -0.4 is 10.1 Å². The van der Waals surface area contributed by atoms with Gasteiger partial charge in [0.2, 0.25) is 0 Å². The first-order valence-corrected chi connectivity index (χ1v) is 10.6. The maximum absolute atomic E-state index is 12.3. The molecule has 136 valence electrons. The predicted molar refractivity (Wildman–Crippen MR) is 109 cm³/mol. The summed E-state index contributed by atoms with van der Waals surface area (Å²) in [5.74, 6) is 0. The minimum Gasteiger partial charge on any atom is -0.354 e. The molecule has 0 fully saturated rings. The van der Waals surface area contributed by atoms with E-state index in [4.69, 9.17) is 0 Å². The normalized spacial score (nSPS) is 13.3. The largest absolute Gasteiger partial charge is 0.354 e. The molecule has 0 saturated heterocycles. The number of fused-ring (bicyclic) bond motifs is 2. The molecule has 7 heteroatoms. The van der Waals surface area contributed by atoms with Crippen molar-refractivity contribution in [2.45, 2.75) is 21.6 Å². The summed E-state index contributed by atoms with van der Waals surface area (Å²) in [7, 11) is -3.68. The maximum Gasteiger partial charge on any atom is 0.276 e. The highest BCUT2D eigenvalue weighted by Gasteiger charge is 2.16. The number of benzene rings is 3. The number of para-hydroxylation sites is 1. The number of nitrogens with one attached hydrogen (secondary N) is 2. The van der Waals surface area contributed by atoms with Crippen molar-refractivity contribution >= 4 is 38.9 Å². The van der Waals surface area contributed by atoms with Crippen LogP contribution in [-0.2, 0) is 10.0 Å². The van der Waals surface area contributed by atoms with Crippen molar-refractivity contribution in [1.29, 1.82) is 0 Å². The van der Waals surface area contributed by atoms with Gasteiger partial charge in [-0.1, -0.05) is 48.2 Å². The van der Waals surface area contributed by atoms with Gasteiger partial charge in [-0.15, -0.1) is 0 Å². The second kappa shape index (κ2) is 7.09. The Kier molecular flexibility index (Phi) is 4.63. The lowest BCUT2D eigenvalue weighted by molar-refractivity contribution is 0.584. The van der Waals surface area contributed by atoms with E-state index in [0.29, 0.717) is 5.71 Å². The first kappa shape index (κ1) is 17.6. The number of hydrogen-bond donors (Lipinski definition) is 2. The molecule has 0 radical (unpaired) electrons. The smallest absolute Gasteiger partial charge is 0.276 e. The molecule has 0 amide bonds. The van der Waals surface area contributed by atoms with E-state index in [9.17, 15) is 8.42 Å². The van der Waals surface area contributed by atoms with Crippen LogP contribution in [0, 0.1) is 0 Å². The van der Waals surface area contributed by atoms with E-state index in [1.165, 1.54) is 17.0 Å². The third kappa shape index (κ3) is 3.70. The van der Waals surface area contributed by atoms with E-state index in [0.717, 1.165) is 21.8 Å². The fourth-order valence-electron chi connectivity index (χ4n) is 2.71. The second-order valence-electron chi connectivity index (χ2n) is 6.04. The fraction of sp³-hybridized carbons (Fsp3) is 0.0500. The molecule has 2 N–H and O–H groups in total. The van der Waals surface area contributed by atoms with Gasteiger partial charge in [0.25, 0.3) is 10.0 Å². The van der Waals surface area contributed by atoms with Gasteiger partial charge in [0.15, 0.2) is 0 Å². The van der Waals surface area contributed by atoms with Crippen molar-refractivity contribution in [1.82, 2.24) is 4.83 Å². The van der Waals surface area contributed by atoms with Crippen LogP contribution in [0.2, 0.25) is 0 Å². The lowest BCUT2D eigenvalue weighted by Crippen LogP contribution is -2.19. The summed E-state index contributed by atoms with van der Waals surface area (Å²) in [5, 5.41) is 7.50. The van der Waals surface area contributed by atoms with Gasteiger partial charge in [-0.25, -0.2) is 0 Å². The number of hydrazone groups is 1. The molecule has 0 spiro atoms. The standard InChI is InChI=1S/C20H17N3O2S2/c1-14(22-23-27(24,25)16-7-3-2-4-8-16)15-11-12-20-18(13-15)21-17-9-5-6-10-19(17)26-20/h2-13,21,23H,1H3/b22-14+. The zero-order chi connectivity index (χ0) is 18.9. The fourth-order valence-corrected chi connectivity index (χ4v) is 4.56. The third-order valence-corrected chi connectivity index (χ3v) is 6.54. The number of hydrogen-bond acceptors (Lipinski definition) is 5. The minimum absolute atomic E-state index is 0.182. The van der Waals surface area contributed by atoms with Gasteiger partial charge in [-0.3, -0.25) is 0 Å². The van der Waals surface area contributed by atoms with E-state index < -0.39 is 10.0 Å². The predicted octanol–water partition coefficient (Wildman–Crippen LogP) is 4.60. The second-order valence-corrected chi connectivity index (χ2v) is 8.78. The molecule has 5 nitrogen and oxygen atoms in total. The highest BCUT2D eigenvalue weighted by atomic mass is 32.2. The highest BCUT2D eigenvalue weighted by molar-refractivity contribution is 7.99. The molecule has 0 saturated carbocycles. The first-order chi connectivity index (χ1) is 13.0. The van der Waals surface area contributed by atoms with Crippen LogP contribution in [0.15, 0.2) is 92.6 Å². The van der Waals surface area contributed by atoms with Crippen LogP contribution in [0.1, 0.15) is 12.5 Å². The summed E-state index contributed by atoms with van der Waals surface area (Å²) >= 11 is 1.70. The van der Waals surface area contributed by atoms with Gasteiger partial charge >= 0.3 is 0 Å². The number of sulfonamides is 1. The molecule has 4 rings (SSSR count). The Labute approximate surface area is 162 Å². The minimum atomic E-state index is -3.68. The average Bonchev–Trinajstić information content (AvgIpc) is 2.70. The molecule has 0 unspecified atom stereocenters. The summed E-state index contributed by atoms with van der Waals surface area (Å²) in [5.41, 5.74) is 3.48. The van der Waals surface area contributed by atoms with Gasteiger partial charge < -0.3 is 5.32 Å².